The van der Waals surface area contributed by atoms with E-state index in [0.717, 1.165) is 41.6 Å². The minimum atomic E-state index is -3.49. The van der Waals surface area contributed by atoms with Gasteiger partial charge in [0, 0.05) is 30.9 Å². The van der Waals surface area contributed by atoms with Gasteiger partial charge in [0.2, 0.25) is 10.0 Å². The minimum absolute atomic E-state index is 0.0603. The summed E-state index contributed by atoms with van der Waals surface area (Å²) in [6.07, 6.45) is 3.55. The molecule has 3 aromatic carbocycles. The summed E-state index contributed by atoms with van der Waals surface area (Å²) in [6.45, 7) is 1.71. The quantitative estimate of drug-likeness (QED) is 0.582. The number of carbonyl (C=O) groups is 1. The van der Waals surface area contributed by atoms with Crippen LogP contribution in [0.2, 0.25) is 0 Å². The second kappa shape index (κ2) is 8.52. The van der Waals surface area contributed by atoms with Crippen LogP contribution in [0, 0.1) is 0 Å². The summed E-state index contributed by atoms with van der Waals surface area (Å²) in [7, 11) is -3.49. The molecule has 0 N–H and O–H groups in total. The van der Waals surface area contributed by atoms with Crippen LogP contribution in [0.4, 0.5) is 5.69 Å². The fourth-order valence-electron chi connectivity index (χ4n) is 4.69. The van der Waals surface area contributed by atoms with Gasteiger partial charge in [-0.15, -0.1) is 0 Å². The molecule has 0 bridgehead atoms. The Labute approximate surface area is 189 Å². The van der Waals surface area contributed by atoms with Crippen LogP contribution in [0.25, 0.3) is 11.1 Å². The van der Waals surface area contributed by atoms with Crippen LogP contribution < -0.4 is 4.90 Å². The molecule has 0 aliphatic carbocycles. The Bertz CT molecular complexity index is 1250. The Morgan fingerprint density at radius 2 is 1.50 bits per heavy atom. The van der Waals surface area contributed by atoms with Gasteiger partial charge < -0.3 is 4.90 Å². The van der Waals surface area contributed by atoms with Crippen LogP contribution in [-0.2, 0) is 16.4 Å². The third-order valence-electron chi connectivity index (χ3n) is 6.39. The maximum atomic E-state index is 13.5. The highest BCUT2D eigenvalue weighted by Gasteiger charge is 2.31. The van der Waals surface area contributed by atoms with Gasteiger partial charge in [-0.2, -0.15) is 4.31 Å². The number of nitrogens with zero attached hydrogens (tertiary/aromatic N) is 2. The third-order valence-corrected chi connectivity index (χ3v) is 8.28. The first-order valence-electron chi connectivity index (χ1n) is 11.1. The van der Waals surface area contributed by atoms with Gasteiger partial charge in [-0.3, -0.25) is 4.79 Å². The molecular weight excluding hydrogens is 420 g/mol. The predicted molar refractivity (Wildman–Crippen MR) is 126 cm³/mol. The van der Waals surface area contributed by atoms with Crippen molar-refractivity contribution in [2.45, 2.75) is 30.6 Å². The zero-order valence-electron chi connectivity index (χ0n) is 17.9. The lowest BCUT2D eigenvalue weighted by Gasteiger charge is -2.26. The minimum Gasteiger partial charge on any atom is -0.308 e. The summed E-state index contributed by atoms with van der Waals surface area (Å²) >= 11 is 0. The van der Waals surface area contributed by atoms with Gasteiger partial charge in [0.15, 0.2) is 0 Å². The molecule has 2 aliphatic heterocycles. The maximum Gasteiger partial charge on any atom is 0.258 e. The molecule has 0 unspecified atom stereocenters. The highest BCUT2D eigenvalue weighted by molar-refractivity contribution is 7.89. The van der Waals surface area contributed by atoms with Crippen LogP contribution in [0.3, 0.4) is 0 Å². The number of amides is 1. The molecule has 164 valence electrons. The summed E-state index contributed by atoms with van der Waals surface area (Å²) in [5, 5.41) is 0. The SMILES string of the molecule is O=C(c1ccccc1-c1ccccc1)N1CCc2cc(S(=O)(=O)N3CCCCC3)ccc21. The van der Waals surface area contributed by atoms with E-state index in [2.05, 4.69) is 0 Å². The van der Waals surface area contributed by atoms with Gasteiger partial charge >= 0.3 is 0 Å². The van der Waals surface area contributed by atoms with Gasteiger partial charge in [0.25, 0.3) is 5.91 Å². The highest BCUT2D eigenvalue weighted by atomic mass is 32.2. The van der Waals surface area contributed by atoms with E-state index in [1.807, 2.05) is 54.6 Å². The normalized spacial score (nSPS) is 16.7. The molecule has 0 aromatic heterocycles. The van der Waals surface area contributed by atoms with Gasteiger partial charge in [0.05, 0.1) is 4.90 Å². The van der Waals surface area contributed by atoms with Gasteiger partial charge in [0.1, 0.15) is 0 Å². The number of piperidine rings is 1. The molecule has 5 rings (SSSR count). The van der Waals surface area contributed by atoms with Crippen molar-refractivity contribution in [1.82, 2.24) is 4.31 Å². The van der Waals surface area contributed by atoms with E-state index in [-0.39, 0.29) is 5.91 Å². The summed E-state index contributed by atoms with van der Waals surface area (Å²) in [6, 6.07) is 22.7. The summed E-state index contributed by atoms with van der Waals surface area (Å²) < 4.78 is 27.7. The monoisotopic (exact) mass is 446 g/mol. The van der Waals surface area contributed by atoms with Crippen molar-refractivity contribution in [2.75, 3.05) is 24.5 Å². The number of sulfonamides is 1. The molecular formula is C26H26N2O3S. The highest BCUT2D eigenvalue weighted by Crippen LogP contribution is 2.34. The molecule has 2 aliphatic rings. The molecule has 3 aromatic rings. The fraction of sp³-hybridized carbons (Fsp3) is 0.269. The average molecular weight is 447 g/mol. The summed E-state index contributed by atoms with van der Waals surface area (Å²) in [4.78, 5) is 15.6. The molecule has 2 heterocycles. The van der Waals surface area contributed by atoms with Crippen molar-refractivity contribution in [2.24, 2.45) is 0 Å². The van der Waals surface area contributed by atoms with Crippen molar-refractivity contribution < 1.29 is 13.2 Å². The number of benzene rings is 3. The Morgan fingerprint density at radius 3 is 2.28 bits per heavy atom. The first-order valence-corrected chi connectivity index (χ1v) is 12.6. The van der Waals surface area contributed by atoms with Crippen molar-refractivity contribution in [3.05, 3.63) is 83.9 Å². The van der Waals surface area contributed by atoms with Crippen molar-refractivity contribution >= 4 is 21.6 Å². The number of rotatable bonds is 4. The second-order valence-corrected chi connectivity index (χ2v) is 10.3. The molecule has 1 amide bonds. The molecule has 6 heteroatoms. The smallest absolute Gasteiger partial charge is 0.258 e. The lowest BCUT2D eigenvalue weighted by atomic mass is 9.99. The average Bonchev–Trinajstić information content (AvgIpc) is 3.28. The maximum absolute atomic E-state index is 13.5. The van der Waals surface area contributed by atoms with Crippen LogP contribution in [-0.4, -0.2) is 38.3 Å². The Morgan fingerprint density at radius 1 is 0.781 bits per heavy atom. The van der Waals surface area contributed by atoms with E-state index in [1.54, 1.807) is 27.4 Å². The first kappa shape index (κ1) is 20.9. The van der Waals surface area contributed by atoms with E-state index in [0.29, 0.717) is 36.5 Å². The van der Waals surface area contributed by atoms with E-state index in [1.165, 1.54) is 0 Å². The third kappa shape index (κ3) is 3.74. The molecule has 5 nitrogen and oxygen atoms in total. The molecule has 0 atom stereocenters. The van der Waals surface area contributed by atoms with E-state index < -0.39 is 10.0 Å². The largest absolute Gasteiger partial charge is 0.308 e. The van der Waals surface area contributed by atoms with E-state index in [4.69, 9.17) is 0 Å². The van der Waals surface area contributed by atoms with E-state index in [9.17, 15) is 13.2 Å². The number of carbonyl (C=O) groups excluding carboxylic acids is 1. The predicted octanol–water partition coefficient (Wildman–Crippen LogP) is 4.73. The fourth-order valence-corrected chi connectivity index (χ4v) is 6.26. The number of hydrogen-bond acceptors (Lipinski definition) is 3. The summed E-state index contributed by atoms with van der Waals surface area (Å²) in [5.74, 6) is -0.0603. The zero-order chi connectivity index (χ0) is 22.1. The Balaban J connectivity index is 1.45. The number of fused-ring (bicyclic) bond motifs is 1. The number of hydrogen-bond donors (Lipinski definition) is 0. The van der Waals surface area contributed by atoms with Crippen molar-refractivity contribution in [3.8, 4) is 11.1 Å². The number of anilines is 1. The van der Waals surface area contributed by atoms with E-state index >= 15 is 0 Å². The zero-order valence-corrected chi connectivity index (χ0v) is 18.7. The van der Waals surface area contributed by atoms with Crippen LogP contribution >= 0.6 is 0 Å². The molecule has 0 radical (unpaired) electrons. The molecule has 1 fully saturated rings. The van der Waals surface area contributed by atoms with Gasteiger partial charge in [-0.05, 0) is 60.2 Å². The lowest BCUT2D eigenvalue weighted by Crippen LogP contribution is -2.35. The standard InChI is InChI=1S/C26H26N2O3S/c29-26(24-12-6-5-11-23(24)20-9-3-1-4-10-20)28-18-15-21-19-22(13-14-25(21)28)32(30,31)27-16-7-2-8-17-27/h1,3-6,9-14,19H,2,7-8,15-18H2. The van der Waals surface area contributed by atoms with Crippen molar-refractivity contribution in [3.63, 3.8) is 0 Å². The lowest BCUT2D eigenvalue weighted by molar-refractivity contribution is 0.0990. The Kier molecular flexibility index (Phi) is 5.57. The molecule has 0 saturated carbocycles. The summed E-state index contributed by atoms with van der Waals surface area (Å²) in [5.41, 5.74) is 4.26. The van der Waals surface area contributed by atoms with Crippen LogP contribution in [0.5, 0.6) is 0 Å². The topological polar surface area (TPSA) is 57.7 Å². The van der Waals surface area contributed by atoms with Gasteiger partial charge in [-0.1, -0.05) is 55.0 Å². The Hall–Kier alpha value is -2.96. The van der Waals surface area contributed by atoms with Crippen LogP contribution in [0.1, 0.15) is 35.2 Å². The molecule has 1 saturated heterocycles. The molecule has 32 heavy (non-hydrogen) atoms. The van der Waals surface area contributed by atoms with Crippen LogP contribution in [0.15, 0.2) is 77.7 Å². The first-order chi connectivity index (χ1) is 15.6. The molecule has 0 spiro atoms. The van der Waals surface area contributed by atoms with Gasteiger partial charge in [-0.25, -0.2) is 8.42 Å². The second-order valence-electron chi connectivity index (χ2n) is 8.37. The van der Waals surface area contributed by atoms with Crippen molar-refractivity contribution in [1.29, 1.82) is 0 Å².